The molecule has 0 aliphatic carbocycles. The minimum absolute atomic E-state index is 0.0408. The number of thioether (sulfide) groups is 1. The summed E-state index contributed by atoms with van der Waals surface area (Å²) in [6, 6.07) is 13.4. The Kier molecular flexibility index (Phi) is 8.15. The van der Waals surface area contributed by atoms with E-state index in [0.29, 0.717) is 17.5 Å². The topological polar surface area (TPSA) is 88.9 Å². The summed E-state index contributed by atoms with van der Waals surface area (Å²) in [5.41, 5.74) is 1.82. The number of allylic oxidation sites excluding steroid dienone is 1. The fourth-order valence-corrected chi connectivity index (χ4v) is 3.80. The van der Waals surface area contributed by atoms with Crippen LogP contribution in [0.4, 0.5) is 10.1 Å². The van der Waals surface area contributed by atoms with Crippen LogP contribution >= 0.6 is 11.8 Å². The number of para-hydroxylation sites is 1. The Morgan fingerprint density at radius 3 is 2.66 bits per heavy atom. The molecule has 1 heterocycles. The van der Waals surface area contributed by atoms with Gasteiger partial charge in [0.15, 0.2) is 11.0 Å². The number of halogens is 1. The lowest BCUT2D eigenvalue weighted by molar-refractivity contribution is -0.113. The van der Waals surface area contributed by atoms with Crippen LogP contribution in [0.15, 0.2) is 66.3 Å². The lowest BCUT2D eigenvalue weighted by atomic mass is 10.1. The van der Waals surface area contributed by atoms with E-state index >= 15 is 0 Å². The summed E-state index contributed by atoms with van der Waals surface area (Å²) in [6.07, 6.45) is 2.49. The van der Waals surface area contributed by atoms with Crippen molar-refractivity contribution in [3.8, 4) is 0 Å². The fraction of sp³-hybridized carbons (Fsp3) is 0.217. The number of rotatable bonds is 10. The van der Waals surface area contributed by atoms with E-state index in [1.54, 1.807) is 16.7 Å². The van der Waals surface area contributed by atoms with Crippen LogP contribution in [-0.2, 0) is 24.3 Å². The van der Waals surface area contributed by atoms with Gasteiger partial charge in [-0.15, -0.1) is 16.8 Å². The molecule has 2 N–H and O–H groups in total. The molecule has 2 amide bonds. The van der Waals surface area contributed by atoms with E-state index in [2.05, 4.69) is 27.4 Å². The second kappa shape index (κ2) is 11.2. The van der Waals surface area contributed by atoms with Gasteiger partial charge in [-0.05, 0) is 30.2 Å². The number of benzene rings is 2. The Bertz CT molecular complexity index is 1120. The molecule has 3 aromatic rings. The first-order chi connectivity index (χ1) is 15.5. The zero-order valence-electron chi connectivity index (χ0n) is 17.7. The first-order valence-corrected chi connectivity index (χ1v) is 11.1. The van der Waals surface area contributed by atoms with Crippen LogP contribution in [0.1, 0.15) is 28.7 Å². The molecule has 2 aromatic carbocycles. The van der Waals surface area contributed by atoms with Crippen LogP contribution in [0.5, 0.6) is 0 Å². The largest absolute Gasteiger partial charge is 0.345 e. The van der Waals surface area contributed by atoms with Crippen LogP contribution in [0.2, 0.25) is 0 Å². The van der Waals surface area contributed by atoms with Gasteiger partial charge in [-0.2, -0.15) is 0 Å². The lowest BCUT2D eigenvalue weighted by Gasteiger charge is -2.10. The molecule has 9 heteroatoms. The average Bonchev–Trinajstić information content (AvgIpc) is 3.18. The molecule has 0 aliphatic rings. The number of carbonyl (C=O) groups is 2. The van der Waals surface area contributed by atoms with Gasteiger partial charge in [-0.1, -0.05) is 55.1 Å². The summed E-state index contributed by atoms with van der Waals surface area (Å²) in [6.45, 7) is 6.24. The normalized spacial score (nSPS) is 10.6. The predicted octanol–water partition coefficient (Wildman–Crippen LogP) is 3.83. The van der Waals surface area contributed by atoms with Gasteiger partial charge in [0.25, 0.3) is 5.91 Å². The molecular weight excluding hydrogens is 429 g/mol. The monoisotopic (exact) mass is 453 g/mol. The molecule has 32 heavy (non-hydrogen) atoms. The molecule has 0 saturated heterocycles. The Balaban J connectivity index is 1.63. The quantitative estimate of drug-likeness (QED) is 0.360. The molecular formula is C23H24FN5O2S. The van der Waals surface area contributed by atoms with E-state index < -0.39 is 11.7 Å². The van der Waals surface area contributed by atoms with Gasteiger partial charge in [0.05, 0.1) is 17.9 Å². The molecule has 0 fully saturated rings. The fourth-order valence-electron chi connectivity index (χ4n) is 3.04. The van der Waals surface area contributed by atoms with E-state index in [1.165, 1.54) is 30.0 Å². The van der Waals surface area contributed by atoms with Gasteiger partial charge in [-0.25, -0.2) is 4.39 Å². The third-order valence-electron chi connectivity index (χ3n) is 4.64. The Morgan fingerprint density at radius 2 is 1.91 bits per heavy atom. The van der Waals surface area contributed by atoms with Gasteiger partial charge >= 0.3 is 0 Å². The number of aromatic nitrogens is 3. The van der Waals surface area contributed by atoms with Crippen molar-refractivity contribution in [3.63, 3.8) is 0 Å². The highest BCUT2D eigenvalue weighted by Gasteiger charge is 2.16. The van der Waals surface area contributed by atoms with Crippen molar-refractivity contribution < 1.29 is 14.0 Å². The highest BCUT2D eigenvalue weighted by molar-refractivity contribution is 7.99. The second-order valence-corrected chi connectivity index (χ2v) is 7.75. The Hall–Kier alpha value is -3.46. The van der Waals surface area contributed by atoms with Crippen molar-refractivity contribution >= 4 is 29.3 Å². The number of nitrogens with zero attached hydrogens (tertiary/aromatic N) is 3. The minimum atomic E-state index is -0.593. The zero-order chi connectivity index (χ0) is 22.9. The van der Waals surface area contributed by atoms with Crippen molar-refractivity contribution in [2.45, 2.75) is 31.6 Å². The lowest BCUT2D eigenvalue weighted by Crippen LogP contribution is -2.25. The number of hydrogen-bond donors (Lipinski definition) is 2. The van der Waals surface area contributed by atoms with Crippen LogP contribution in [0.25, 0.3) is 0 Å². The standard InChI is InChI=1S/C23H24FN5O2S/c1-3-13-29-20(14-25-22(31)17-10-6-7-11-18(17)24)27-28-23(29)32-15-21(30)26-19-12-8-5-9-16(19)4-2/h3,5-12H,1,4,13-15H2,2H3,(H,25,31)(H,26,30). The summed E-state index contributed by atoms with van der Waals surface area (Å²) in [5, 5.41) is 14.4. The van der Waals surface area contributed by atoms with Crippen LogP contribution in [0.3, 0.4) is 0 Å². The van der Waals surface area contributed by atoms with Gasteiger partial charge in [0.1, 0.15) is 5.82 Å². The molecule has 1 aromatic heterocycles. The molecule has 7 nitrogen and oxygen atoms in total. The molecule has 0 atom stereocenters. The van der Waals surface area contributed by atoms with Crippen molar-refractivity contribution in [2.24, 2.45) is 0 Å². The summed E-state index contributed by atoms with van der Waals surface area (Å²) >= 11 is 1.24. The minimum Gasteiger partial charge on any atom is -0.345 e. The molecule has 0 bridgehead atoms. The van der Waals surface area contributed by atoms with Crippen LogP contribution in [0, 0.1) is 5.82 Å². The van der Waals surface area contributed by atoms with Gasteiger partial charge in [0, 0.05) is 12.2 Å². The smallest absolute Gasteiger partial charge is 0.254 e. The van der Waals surface area contributed by atoms with E-state index in [1.807, 2.05) is 31.2 Å². The highest BCUT2D eigenvalue weighted by atomic mass is 32.2. The van der Waals surface area contributed by atoms with E-state index in [0.717, 1.165) is 17.7 Å². The number of anilines is 1. The summed E-state index contributed by atoms with van der Waals surface area (Å²) in [4.78, 5) is 24.7. The molecule has 0 saturated carbocycles. The number of nitrogens with one attached hydrogen (secondary N) is 2. The maximum Gasteiger partial charge on any atom is 0.254 e. The van der Waals surface area contributed by atoms with Crippen molar-refractivity contribution in [1.82, 2.24) is 20.1 Å². The average molecular weight is 454 g/mol. The van der Waals surface area contributed by atoms with Gasteiger partial charge < -0.3 is 15.2 Å². The van der Waals surface area contributed by atoms with Crippen molar-refractivity contribution in [3.05, 3.63) is 84.0 Å². The summed E-state index contributed by atoms with van der Waals surface area (Å²) in [5.74, 6) is -0.661. The molecule has 0 radical (unpaired) electrons. The molecule has 0 aliphatic heterocycles. The summed E-state index contributed by atoms with van der Waals surface area (Å²) in [7, 11) is 0. The van der Waals surface area contributed by atoms with Crippen molar-refractivity contribution in [2.75, 3.05) is 11.1 Å². The van der Waals surface area contributed by atoms with Crippen molar-refractivity contribution in [1.29, 1.82) is 0 Å². The predicted molar refractivity (Wildman–Crippen MR) is 123 cm³/mol. The third kappa shape index (κ3) is 5.82. The second-order valence-electron chi connectivity index (χ2n) is 6.81. The SMILES string of the molecule is C=CCn1c(CNC(=O)c2ccccc2F)nnc1SCC(=O)Nc1ccccc1CC. The molecule has 166 valence electrons. The number of hydrogen-bond acceptors (Lipinski definition) is 5. The molecule has 0 spiro atoms. The number of amides is 2. The van der Waals surface area contributed by atoms with Gasteiger partial charge in [-0.3, -0.25) is 9.59 Å². The van der Waals surface area contributed by atoms with E-state index in [9.17, 15) is 14.0 Å². The van der Waals surface area contributed by atoms with Crippen LogP contribution < -0.4 is 10.6 Å². The highest BCUT2D eigenvalue weighted by Crippen LogP contribution is 2.20. The summed E-state index contributed by atoms with van der Waals surface area (Å²) < 4.78 is 15.6. The third-order valence-corrected chi connectivity index (χ3v) is 5.60. The molecule has 0 unspecified atom stereocenters. The first kappa shape index (κ1) is 23.2. The number of carbonyl (C=O) groups excluding carboxylic acids is 2. The maximum atomic E-state index is 13.8. The van der Waals surface area contributed by atoms with E-state index in [-0.39, 0.29) is 23.8 Å². The Morgan fingerprint density at radius 1 is 1.16 bits per heavy atom. The first-order valence-electron chi connectivity index (χ1n) is 10.1. The molecule has 3 rings (SSSR count). The van der Waals surface area contributed by atoms with Crippen LogP contribution in [-0.4, -0.2) is 32.3 Å². The maximum absolute atomic E-state index is 13.8. The zero-order valence-corrected chi connectivity index (χ0v) is 18.5. The van der Waals surface area contributed by atoms with Gasteiger partial charge in [0.2, 0.25) is 5.91 Å². The van der Waals surface area contributed by atoms with E-state index in [4.69, 9.17) is 0 Å². The Labute approximate surface area is 190 Å². The number of aryl methyl sites for hydroxylation is 1.